The Bertz CT molecular complexity index is 1050. The molecule has 0 spiro atoms. The van der Waals surface area contributed by atoms with Gasteiger partial charge in [-0.15, -0.1) is 11.3 Å². The number of aryl methyl sites for hydroxylation is 1. The van der Waals surface area contributed by atoms with E-state index >= 15 is 0 Å². The summed E-state index contributed by atoms with van der Waals surface area (Å²) in [6.07, 6.45) is 4.10. The Kier molecular flexibility index (Phi) is 7.79. The Labute approximate surface area is 202 Å². The van der Waals surface area contributed by atoms with Crippen molar-refractivity contribution in [1.82, 2.24) is 4.98 Å². The van der Waals surface area contributed by atoms with Crippen LogP contribution in [0.5, 0.6) is 0 Å². The average molecular weight is 488 g/mol. The maximum atomic E-state index is 12.8. The highest BCUT2D eigenvalue weighted by Crippen LogP contribution is 2.38. The van der Waals surface area contributed by atoms with Crippen LogP contribution in [0.4, 0.5) is 10.8 Å². The van der Waals surface area contributed by atoms with Crippen LogP contribution in [0.25, 0.3) is 0 Å². The number of esters is 2. The lowest BCUT2D eigenvalue weighted by Crippen LogP contribution is -2.36. The molecule has 34 heavy (non-hydrogen) atoms. The summed E-state index contributed by atoms with van der Waals surface area (Å²) < 4.78 is 15.9. The largest absolute Gasteiger partial charge is 0.462 e. The van der Waals surface area contributed by atoms with Crippen LogP contribution in [0.1, 0.15) is 57.8 Å². The Hall–Kier alpha value is -2.98. The number of rotatable bonds is 7. The molecule has 0 radical (unpaired) electrons. The zero-order chi connectivity index (χ0) is 24.1. The number of nitrogens with one attached hydrogen (secondary N) is 1. The lowest BCUT2D eigenvalue weighted by Gasteiger charge is -2.27. The third-order valence-electron chi connectivity index (χ3n) is 5.86. The van der Waals surface area contributed by atoms with Crippen LogP contribution in [0.2, 0.25) is 0 Å². The van der Waals surface area contributed by atoms with E-state index in [2.05, 4.69) is 15.2 Å². The highest BCUT2D eigenvalue weighted by atomic mass is 32.1. The van der Waals surface area contributed by atoms with E-state index in [1.54, 1.807) is 19.1 Å². The zero-order valence-electron chi connectivity index (χ0n) is 19.4. The number of carbonyl (C=O) groups is 3. The standard InChI is InChI=1S/C24H29N3O6S/c1-3-32-24(30)20-17-6-4-5-7-18(17)34-22(20)26-21(28)15(2)33-23(29)16-8-9-19(25-14-16)27-10-12-31-13-11-27/h8-9,14-15H,3-7,10-13H2,1-2H3,(H,26,28). The van der Waals surface area contributed by atoms with Gasteiger partial charge < -0.3 is 24.4 Å². The molecule has 0 saturated carbocycles. The number of ether oxygens (including phenoxy) is 3. The van der Waals surface area contributed by atoms with E-state index in [4.69, 9.17) is 14.2 Å². The van der Waals surface area contributed by atoms with E-state index in [9.17, 15) is 14.4 Å². The monoisotopic (exact) mass is 487 g/mol. The molecule has 4 rings (SSSR count). The molecule has 2 aliphatic rings. The molecular weight excluding hydrogens is 458 g/mol. The Morgan fingerprint density at radius 2 is 1.94 bits per heavy atom. The molecule has 182 valence electrons. The number of carbonyl (C=O) groups excluding carboxylic acids is 3. The van der Waals surface area contributed by atoms with Gasteiger partial charge in [0, 0.05) is 24.2 Å². The molecular formula is C24H29N3O6S. The third-order valence-corrected chi connectivity index (χ3v) is 7.07. The first-order chi connectivity index (χ1) is 16.5. The van der Waals surface area contributed by atoms with Crippen molar-refractivity contribution in [1.29, 1.82) is 0 Å². The number of aromatic nitrogens is 1. The maximum absolute atomic E-state index is 12.8. The van der Waals surface area contributed by atoms with E-state index in [0.717, 1.165) is 55.0 Å². The summed E-state index contributed by atoms with van der Waals surface area (Å²) in [5.41, 5.74) is 1.65. The normalized spacial score (nSPS) is 16.4. The van der Waals surface area contributed by atoms with Gasteiger partial charge >= 0.3 is 11.9 Å². The van der Waals surface area contributed by atoms with Gasteiger partial charge in [0.25, 0.3) is 5.91 Å². The summed E-state index contributed by atoms with van der Waals surface area (Å²) in [6, 6.07) is 3.39. The van der Waals surface area contributed by atoms with Crippen molar-refractivity contribution < 1.29 is 28.6 Å². The van der Waals surface area contributed by atoms with E-state index in [1.807, 2.05) is 0 Å². The smallest absolute Gasteiger partial charge is 0.341 e. The summed E-state index contributed by atoms with van der Waals surface area (Å²) in [5.74, 6) is -0.817. The van der Waals surface area contributed by atoms with Crippen molar-refractivity contribution in [3.63, 3.8) is 0 Å². The predicted molar refractivity (Wildman–Crippen MR) is 128 cm³/mol. The van der Waals surface area contributed by atoms with Crippen molar-refractivity contribution in [3.8, 4) is 0 Å². The number of nitrogens with zero attached hydrogens (tertiary/aromatic N) is 2. The van der Waals surface area contributed by atoms with Gasteiger partial charge in [-0.05, 0) is 57.2 Å². The van der Waals surface area contributed by atoms with Crippen molar-refractivity contribution in [3.05, 3.63) is 39.9 Å². The molecule has 1 saturated heterocycles. The predicted octanol–water partition coefficient (Wildman–Crippen LogP) is 3.22. The first-order valence-electron chi connectivity index (χ1n) is 11.6. The fraction of sp³-hybridized carbons (Fsp3) is 0.500. The molecule has 3 heterocycles. The Balaban J connectivity index is 1.40. The lowest BCUT2D eigenvalue weighted by molar-refractivity contribution is -0.123. The van der Waals surface area contributed by atoms with Gasteiger partial charge in [0.2, 0.25) is 0 Å². The van der Waals surface area contributed by atoms with Crippen LogP contribution in [-0.4, -0.2) is 61.8 Å². The van der Waals surface area contributed by atoms with Crippen LogP contribution >= 0.6 is 11.3 Å². The van der Waals surface area contributed by atoms with Crippen LogP contribution < -0.4 is 10.2 Å². The van der Waals surface area contributed by atoms with Crippen molar-refractivity contribution in [2.24, 2.45) is 0 Å². The highest BCUT2D eigenvalue weighted by molar-refractivity contribution is 7.17. The molecule has 1 amide bonds. The summed E-state index contributed by atoms with van der Waals surface area (Å²) in [6.45, 7) is 6.27. The number of pyridine rings is 1. The first-order valence-corrected chi connectivity index (χ1v) is 12.4. The molecule has 1 unspecified atom stereocenters. The van der Waals surface area contributed by atoms with Crippen LogP contribution in [0, 0.1) is 0 Å². The molecule has 0 bridgehead atoms. The Morgan fingerprint density at radius 3 is 2.65 bits per heavy atom. The van der Waals surface area contributed by atoms with Crippen molar-refractivity contribution in [2.75, 3.05) is 43.1 Å². The first kappa shape index (κ1) is 24.2. The molecule has 2 aromatic rings. The second-order valence-corrected chi connectivity index (χ2v) is 9.28. The summed E-state index contributed by atoms with van der Waals surface area (Å²) in [5, 5.41) is 3.24. The molecule has 1 fully saturated rings. The summed E-state index contributed by atoms with van der Waals surface area (Å²) >= 11 is 1.40. The number of amides is 1. The minimum Gasteiger partial charge on any atom is -0.462 e. The molecule has 0 aromatic carbocycles. The minimum atomic E-state index is -1.06. The number of fused-ring (bicyclic) bond motifs is 1. The van der Waals surface area contributed by atoms with Crippen molar-refractivity contribution in [2.45, 2.75) is 45.6 Å². The van der Waals surface area contributed by atoms with E-state index in [-0.39, 0.29) is 12.2 Å². The number of hydrogen-bond donors (Lipinski definition) is 1. The van der Waals surface area contributed by atoms with Gasteiger partial charge in [0.05, 0.1) is 30.9 Å². The number of hydrogen-bond acceptors (Lipinski definition) is 9. The van der Waals surface area contributed by atoms with Gasteiger partial charge in [-0.1, -0.05) is 0 Å². The Morgan fingerprint density at radius 1 is 1.18 bits per heavy atom. The number of anilines is 2. The summed E-state index contributed by atoms with van der Waals surface area (Å²) in [4.78, 5) is 45.5. The van der Waals surface area contributed by atoms with Gasteiger partial charge in [-0.3, -0.25) is 4.79 Å². The molecule has 10 heteroatoms. The third kappa shape index (κ3) is 5.39. The molecule has 9 nitrogen and oxygen atoms in total. The molecule has 1 N–H and O–H groups in total. The fourth-order valence-corrected chi connectivity index (χ4v) is 5.34. The van der Waals surface area contributed by atoms with Crippen LogP contribution in [0.15, 0.2) is 18.3 Å². The van der Waals surface area contributed by atoms with Crippen LogP contribution in [-0.2, 0) is 31.8 Å². The number of morpholine rings is 1. The highest BCUT2D eigenvalue weighted by Gasteiger charge is 2.29. The van der Waals surface area contributed by atoms with E-state index in [1.165, 1.54) is 24.5 Å². The van der Waals surface area contributed by atoms with Crippen LogP contribution in [0.3, 0.4) is 0 Å². The van der Waals surface area contributed by atoms with E-state index < -0.39 is 23.9 Å². The fourth-order valence-electron chi connectivity index (χ4n) is 4.06. The molecule has 1 atom stereocenters. The molecule has 2 aromatic heterocycles. The minimum absolute atomic E-state index is 0.253. The van der Waals surface area contributed by atoms with Gasteiger partial charge in [0.1, 0.15) is 10.8 Å². The second kappa shape index (κ2) is 11.0. The maximum Gasteiger partial charge on any atom is 0.341 e. The SMILES string of the molecule is CCOC(=O)c1c(NC(=O)C(C)OC(=O)c2ccc(N3CCOCC3)nc2)sc2c1CCCC2. The second-order valence-electron chi connectivity index (χ2n) is 8.18. The van der Waals surface area contributed by atoms with Gasteiger partial charge in [0.15, 0.2) is 6.10 Å². The quantitative estimate of drug-likeness (QED) is 0.594. The lowest BCUT2D eigenvalue weighted by atomic mass is 9.95. The molecule has 1 aliphatic carbocycles. The van der Waals surface area contributed by atoms with E-state index in [0.29, 0.717) is 23.8 Å². The van der Waals surface area contributed by atoms with Gasteiger partial charge in [-0.25, -0.2) is 14.6 Å². The van der Waals surface area contributed by atoms with Crippen molar-refractivity contribution >= 4 is 40.0 Å². The number of thiophene rings is 1. The van der Waals surface area contributed by atoms with Gasteiger partial charge in [-0.2, -0.15) is 0 Å². The summed E-state index contributed by atoms with van der Waals surface area (Å²) in [7, 11) is 0. The zero-order valence-corrected chi connectivity index (χ0v) is 20.2. The average Bonchev–Trinajstić information content (AvgIpc) is 3.22. The topological polar surface area (TPSA) is 107 Å². The molecule has 1 aliphatic heterocycles.